The minimum atomic E-state index is 0.0810. The van der Waals surface area contributed by atoms with Crippen molar-refractivity contribution in [2.75, 3.05) is 12.5 Å². The number of ether oxygens (including phenoxy) is 2. The average Bonchev–Trinajstić information content (AvgIpc) is 3.26. The van der Waals surface area contributed by atoms with Gasteiger partial charge in [-0.2, -0.15) is 0 Å². The second-order valence-electron chi connectivity index (χ2n) is 6.30. The number of ketones is 1. The quantitative estimate of drug-likeness (QED) is 0.369. The van der Waals surface area contributed by atoms with Gasteiger partial charge in [0.15, 0.2) is 22.4 Å². The molecule has 27 heavy (non-hydrogen) atoms. The van der Waals surface area contributed by atoms with Gasteiger partial charge in [-0.1, -0.05) is 17.8 Å². The van der Waals surface area contributed by atoms with Crippen LogP contribution < -0.4 is 9.47 Å². The number of carbonyl (C=O) groups excluding carboxylic acids is 1. The highest BCUT2D eigenvalue weighted by Gasteiger charge is 2.18. The summed E-state index contributed by atoms with van der Waals surface area (Å²) in [4.78, 5) is 21.0. The summed E-state index contributed by atoms with van der Waals surface area (Å²) < 4.78 is 13.0. The molecule has 0 N–H and O–H groups in total. The largest absolute Gasteiger partial charge is 0.454 e. The highest BCUT2D eigenvalue weighted by atomic mass is 32.2. The molecule has 0 spiro atoms. The highest BCUT2D eigenvalue weighted by Crippen LogP contribution is 2.33. The number of Topliss-reactive ketones (excluding diaryl/α,β-unsaturated/α-hetero) is 1. The molecule has 0 bridgehead atoms. The lowest BCUT2D eigenvalue weighted by atomic mass is 10.1. The molecule has 4 rings (SSSR count). The van der Waals surface area contributed by atoms with Gasteiger partial charge in [0.05, 0.1) is 5.75 Å². The maximum Gasteiger partial charge on any atom is 0.231 e. The van der Waals surface area contributed by atoms with Crippen molar-refractivity contribution in [2.24, 2.45) is 0 Å². The van der Waals surface area contributed by atoms with Crippen LogP contribution in [0.25, 0.3) is 0 Å². The van der Waals surface area contributed by atoms with Crippen LogP contribution in [-0.2, 0) is 6.54 Å². The number of hydrogen-bond acceptors (Lipinski definition) is 6. The van der Waals surface area contributed by atoms with Gasteiger partial charge in [0.2, 0.25) is 6.79 Å². The summed E-state index contributed by atoms with van der Waals surface area (Å²) >= 11 is 1.35. The lowest BCUT2D eigenvalue weighted by Crippen LogP contribution is -2.08. The zero-order chi connectivity index (χ0) is 18.8. The zero-order valence-corrected chi connectivity index (χ0v) is 16.0. The van der Waals surface area contributed by atoms with Crippen molar-refractivity contribution < 1.29 is 14.3 Å². The number of nitrogens with zero attached hydrogens (tertiary/aromatic N) is 3. The van der Waals surface area contributed by atoms with Crippen molar-refractivity contribution in [3.05, 3.63) is 65.2 Å². The minimum Gasteiger partial charge on any atom is -0.454 e. The third-order valence-electron chi connectivity index (χ3n) is 4.53. The Bertz CT molecular complexity index is 986. The Labute approximate surface area is 161 Å². The first kappa shape index (κ1) is 17.6. The van der Waals surface area contributed by atoms with Gasteiger partial charge in [-0.15, -0.1) is 0 Å². The van der Waals surface area contributed by atoms with E-state index in [0.717, 1.165) is 34.0 Å². The van der Waals surface area contributed by atoms with E-state index < -0.39 is 0 Å². The van der Waals surface area contributed by atoms with Crippen LogP contribution >= 0.6 is 11.8 Å². The molecule has 0 amide bonds. The Morgan fingerprint density at radius 1 is 1.15 bits per heavy atom. The first-order valence-corrected chi connectivity index (χ1v) is 9.58. The molecule has 0 radical (unpaired) electrons. The Kier molecular flexibility index (Phi) is 4.85. The monoisotopic (exact) mass is 381 g/mol. The number of aromatic nitrogens is 3. The van der Waals surface area contributed by atoms with E-state index in [-0.39, 0.29) is 12.6 Å². The molecular formula is C20H19N3O3S. The Balaban J connectivity index is 1.50. The van der Waals surface area contributed by atoms with Crippen molar-refractivity contribution in [1.82, 2.24) is 14.5 Å². The van der Waals surface area contributed by atoms with Crippen LogP contribution in [0.5, 0.6) is 11.5 Å². The molecule has 0 aliphatic carbocycles. The van der Waals surface area contributed by atoms with Crippen molar-refractivity contribution in [3.8, 4) is 11.5 Å². The van der Waals surface area contributed by atoms with Crippen molar-refractivity contribution in [1.29, 1.82) is 0 Å². The predicted molar refractivity (Wildman–Crippen MR) is 103 cm³/mol. The van der Waals surface area contributed by atoms with E-state index in [1.807, 2.05) is 38.1 Å². The van der Waals surface area contributed by atoms with E-state index in [1.165, 1.54) is 11.8 Å². The van der Waals surface area contributed by atoms with Gasteiger partial charge in [0.25, 0.3) is 0 Å². The van der Waals surface area contributed by atoms with Crippen LogP contribution in [0.15, 0.2) is 47.9 Å². The molecule has 6 nitrogen and oxygen atoms in total. The van der Waals surface area contributed by atoms with Crippen LogP contribution in [0, 0.1) is 13.8 Å². The molecule has 3 aromatic rings. The zero-order valence-electron chi connectivity index (χ0n) is 15.1. The van der Waals surface area contributed by atoms with Gasteiger partial charge in [-0.25, -0.2) is 9.97 Å². The van der Waals surface area contributed by atoms with Crippen LogP contribution in [-0.4, -0.2) is 32.9 Å². The summed E-state index contributed by atoms with van der Waals surface area (Å²) in [6.07, 6.45) is 3.36. The van der Waals surface area contributed by atoms with Gasteiger partial charge < -0.3 is 14.0 Å². The normalized spacial score (nSPS) is 12.4. The summed E-state index contributed by atoms with van der Waals surface area (Å²) in [6.45, 7) is 4.94. The van der Waals surface area contributed by atoms with Crippen LogP contribution in [0.1, 0.15) is 27.3 Å². The number of thioether (sulfide) groups is 1. The first-order chi connectivity index (χ1) is 13.1. The number of fused-ring (bicyclic) bond motifs is 1. The Morgan fingerprint density at radius 3 is 2.74 bits per heavy atom. The minimum absolute atomic E-state index is 0.0810. The van der Waals surface area contributed by atoms with E-state index in [0.29, 0.717) is 17.5 Å². The van der Waals surface area contributed by atoms with Gasteiger partial charge in [0.1, 0.15) is 0 Å². The second kappa shape index (κ2) is 7.44. The maximum absolute atomic E-state index is 12.7. The molecule has 0 saturated heterocycles. The number of carbonyl (C=O) groups is 1. The fraction of sp³-hybridized carbons (Fsp3) is 0.250. The molecule has 1 aliphatic rings. The average molecular weight is 381 g/mol. The summed E-state index contributed by atoms with van der Waals surface area (Å²) in [7, 11) is 0. The Morgan fingerprint density at radius 2 is 1.93 bits per heavy atom. The second-order valence-corrected chi connectivity index (χ2v) is 7.24. The predicted octanol–water partition coefficient (Wildman–Crippen LogP) is 3.65. The summed E-state index contributed by atoms with van der Waals surface area (Å²) in [5.74, 6) is 1.94. The molecule has 0 atom stereocenters. The SMILES string of the molecule is Cc1cc(C(=O)CSc2ncccn2)c(C)n1Cc1ccc2c(c1)OCO2. The molecule has 7 heteroatoms. The number of aryl methyl sites for hydroxylation is 1. The van der Waals surface area contributed by atoms with Crippen LogP contribution in [0.4, 0.5) is 0 Å². The molecule has 0 unspecified atom stereocenters. The van der Waals surface area contributed by atoms with Crippen LogP contribution in [0.2, 0.25) is 0 Å². The van der Waals surface area contributed by atoms with E-state index >= 15 is 0 Å². The fourth-order valence-corrected chi connectivity index (χ4v) is 3.80. The maximum atomic E-state index is 12.7. The molecule has 3 heterocycles. The van der Waals surface area contributed by atoms with E-state index in [1.54, 1.807) is 18.5 Å². The Hall–Kier alpha value is -2.80. The number of benzene rings is 1. The third kappa shape index (κ3) is 3.68. The van der Waals surface area contributed by atoms with E-state index in [4.69, 9.17) is 9.47 Å². The van der Waals surface area contributed by atoms with Crippen molar-refractivity contribution >= 4 is 17.5 Å². The third-order valence-corrected chi connectivity index (χ3v) is 5.40. The molecule has 138 valence electrons. The van der Waals surface area contributed by atoms with E-state index in [2.05, 4.69) is 14.5 Å². The van der Waals surface area contributed by atoms with Gasteiger partial charge in [0, 0.05) is 35.9 Å². The summed E-state index contributed by atoms with van der Waals surface area (Å²) in [5.41, 5.74) is 3.86. The molecule has 0 fully saturated rings. The van der Waals surface area contributed by atoms with Crippen molar-refractivity contribution in [2.45, 2.75) is 25.5 Å². The van der Waals surface area contributed by atoms with Crippen LogP contribution in [0.3, 0.4) is 0 Å². The molecule has 1 aliphatic heterocycles. The lowest BCUT2D eigenvalue weighted by Gasteiger charge is -2.10. The fourth-order valence-electron chi connectivity index (χ4n) is 3.12. The van der Waals surface area contributed by atoms with Crippen molar-refractivity contribution in [3.63, 3.8) is 0 Å². The van der Waals surface area contributed by atoms with E-state index in [9.17, 15) is 4.79 Å². The molecule has 2 aromatic heterocycles. The summed E-state index contributed by atoms with van der Waals surface area (Å²) in [5, 5.41) is 0.611. The van der Waals surface area contributed by atoms with Gasteiger partial charge in [-0.3, -0.25) is 4.79 Å². The summed E-state index contributed by atoms with van der Waals surface area (Å²) in [6, 6.07) is 9.66. The number of hydrogen-bond donors (Lipinski definition) is 0. The van der Waals surface area contributed by atoms with Gasteiger partial charge in [-0.05, 0) is 43.7 Å². The number of rotatable bonds is 6. The first-order valence-electron chi connectivity index (χ1n) is 8.60. The highest BCUT2D eigenvalue weighted by molar-refractivity contribution is 7.99. The topological polar surface area (TPSA) is 66.2 Å². The molecule has 0 saturated carbocycles. The standard InChI is InChI=1S/C20H19N3O3S/c1-13-8-16(17(24)11-27-20-21-6-3-7-22-20)14(2)23(13)10-15-4-5-18-19(9-15)26-12-25-18/h3-9H,10-12H2,1-2H3. The van der Waals surface area contributed by atoms with Gasteiger partial charge >= 0.3 is 0 Å². The molecular weight excluding hydrogens is 362 g/mol. The smallest absolute Gasteiger partial charge is 0.231 e. The lowest BCUT2D eigenvalue weighted by molar-refractivity contribution is 0.102. The molecule has 1 aromatic carbocycles.